The van der Waals surface area contributed by atoms with Crippen molar-refractivity contribution in [1.82, 2.24) is 10.3 Å². The topological polar surface area (TPSA) is 87.1 Å². The molecule has 0 radical (unpaired) electrons. The minimum absolute atomic E-state index is 0. The molecule has 3 rings (SSSR count). The minimum Gasteiger partial charge on any atom is -0.408 e. The maximum Gasteiger partial charge on any atom is 0.417 e. The molecule has 1 aliphatic heterocycles. The fourth-order valence-corrected chi connectivity index (χ4v) is 2.16. The van der Waals surface area contributed by atoms with E-state index in [1.807, 2.05) is 6.92 Å². The second kappa shape index (κ2) is 5.68. The smallest absolute Gasteiger partial charge is 0.408 e. The van der Waals surface area contributed by atoms with Crippen LogP contribution in [-0.2, 0) is 4.79 Å². The third-order valence-corrected chi connectivity index (χ3v) is 3.62. The average Bonchev–Trinajstić information content (AvgIpc) is 2.66. The molecule has 1 amide bonds. The SMILES string of the molecule is CC(C(=O)Nc1ccc2oc(=O)[nH]c2c1)C1CNC1.Cl. The van der Waals surface area contributed by atoms with Crippen molar-refractivity contribution in [3.8, 4) is 0 Å². The van der Waals surface area contributed by atoms with Gasteiger partial charge in [0.25, 0.3) is 0 Å². The number of aromatic amines is 1. The molecule has 0 saturated carbocycles. The Morgan fingerprint density at radius 2 is 2.20 bits per heavy atom. The Balaban J connectivity index is 0.00000147. The first-order valence-electron chi connectivity index (χ1n) is 6.28. The molecule has 3 N–H and O–H groups in total. The average molecular weight is 298 g/mol. The van der Waals surface area contributed by atoms with E-state index < -0.39 is 5.76 Å². The molecule has 1 unspecified atom stereocenters. The molecule has 1 saturated heterocycles. The van der Waals surface area contributed by atoms with Crippen LogP contribution in [0.2, 0.25) is 0 Å². The van der Waals surface area contributed by atoms with Gasteiger partial charge in [0.15, 0.2) is 5.58 Å². The normalized spacial score (nSPS) is 16.2. The Bertz CT molecular complexity index is 675. The summed E-state index contributed by atoms with van der Waals surface area (Å²) >= 11 is 0. The Hall–Kier alpha value is -1.79. The van der Waals surface area contributed by atoms with Gasteiger partial charge in [-0.2, -0.15) is 0 Å². The van der Waals surface area contributed by atoms with E-state index in [0.717, 1.165) is 13.1 Å². The number of amides is 1. The largest absolute Gasteiger partial charge is 0.417 e. The number of rotatable bonds is 3. The first-order chi connectivity index (χ1) is 9.13. The fourth-order valence-electron chi connectivity index (χ4n) is 2.16. The highest BCUT2D eigenvalue weighted by atomic mass is 35.5. The van der Waals surface area contributed by atoms with Gasteiger partial charge in [0.05, 0.1) is 5.52 Å². The number of halogens is 1. The Kier molecular flexibility index (Phi) is 4.15. The van der Waals surface area contributed by atoms with Gasteiger partial charge in [-0.05, 0) is 37.2 Å². The molecular formula is C13H16ClN3O3. The van der Waals surface area contributed by atoms with E-state index in [9.17, 15) is 9.59 Å². The van der Waals surface area contributed by atoms with Crippen LogP contribution in [0.25, 0.3) is 11.1 Å². The van der Waals surface area contributed by atoms with Crippen LogP contribution in [-0.4, -0.2) is 24.0 Å². The molecule has 0 bridgehead atoms. The molecular weight excluding hydrogens is 282 g/mol. The molecule has 20 heavy (non-hydrogen) atoms. The van der Waals surface area contributed by atoms with Gasteiger partial charge in [-0.15, -0.1) is 12.4 Å². The summed E-state index contributed by atoms with van der Waals surface area (Å²) in [5, 5.41) is 6.02. The van der Waals surface area contributed by atoms with Crippen molar-refractivity contribution in [1.29, 1.82) is 0 Å². The molecule has 6 nitrogen and oxygen atoms in total. The van der Waals surface area contributed by atoms with E-state index in [2.05, 4.69) is 15.6 Å². The van der Waals surface area contributed by atoms with E-state index in [0.29, 0.717) is 22.7 Å². The molecule has 7 heteroatoms. The Morgan fingerprint density at radius 1 is 1.45 bits per heavy atom. The molecule has 1 atom stereocenters. The third-order valence-electron chi connectivity index (χ3n) is 3.62. The summed E-state index contributed by atoms with van der Waals surface area (Å²) in [4.78, 5) is 25.7. The molecule has 0 spiro atoms. The van der Waals surface area contributed by atoms with Crippen molar-refractivity contribution in [2.45, 2.75) is 6.92 Å². The zero-order valence-corrected chi connectivity index (χ0v) is 11.8. The number of carbonyl (C=O) groups excluding carboxylic acids is 1. The van der Waals surface area contributed by atoms with Crippen LogP contribution in [0.5, 0.6) is 0 Å². The highest BCUT2D eigenvalue weighted by molar-refractivity contribution is 5.94. The van der Waals surface area contributed by atoms with E-state index in [4.69, 9.17) is 4.42 Å². The number of aromatic nitrogens is 1. The van der Waals surface area contributed by atoms with E-state index in [-0.39, 0.29) is 24.2 Å². The number of anilines is 1. The summed E-state index contributed by atoms with van der Waals surface area (Å²) in [6.45, 7) is 3.71. The van der Waals surface area contributed by atoms with Crippen LogP contribution in [0.4, 0.5) is 5.69 Å². The number of hydrogen-bond acceptors (Lipinski definition) is 4. The van der Waals surface area contributed by atoms with Crippen molar-refractivity contribution in [3.63, 3.8) is 0 Å². The zero-order valence-electron chi connectivity index (χ0n) is 10.9. The lowest BCUT2D eigenvalue weighted by molar-refractivity contribution is -0.121. The van der Waals surface area contributed by atoms with Crippen molar-refractivity contribution < 1.29 is 9.21 Å². The summed E-state index contributed by atoms with van der Waals surface area (Å²) in [6.07, 6.45) is 0. The zero-order chi connectivity index (χ0) is 13.4. The number of H-pyrrole nitrogens is 1. The number of fused-ring (bicyclic) bond motifs is 1. The van der Waals surface area contributed by atoms with Gasteiger partial charge in [0, 0.05) is 11.6 Å². The molecule has 0 aliphatic carbocycles. The standard InChI is InChI=1S/C13H15N3O3.ClH/c1-7(8-5-14-6-8)12(17)15-9-2-3-11-10(4-9)16-13(18)19-11;/h2-4,7-8,14H,5-6H2,1H3,(H,15,17)(H,16,18);1H. The van der Waals surface area contributed by atoms with Crippen LogP contribution < -0.4 is 16.4 Å². The molecule has 1 aromatic heterocycles. The molecule has 2 aromatic rings. The first-order valence-corrected chi connectivity index (χ1v) is 6.28. The van der Waals surface area contributed by atoms with E-state index in [1.54, 1.807) is 18.2 Å². The summed E-state index contributed by atoms with van der Waals surface area (Å²) in [5.41, 5.74) is 1.73. The minimum atomic E-state index is -0.493. The predicted molar refractivity (Wildman–Crippen MR) is 78.2 cm³/mol. The van der Waals surface area contributed by atoms with Crippen LogP contribution in [0.15, 0.2) is 27.4 Å². The van der Waals surface area contributed by atoms with Gasteiger partial charge >= 0.3 is 5.76 Å². The van der Waals surface area contributed by atoms with Crippen molar-refractivity contribution >= 4 is 35.1 Å². The van der Waals surface area contributed by atoms with Gasteiger partial charge < -0.3 is 15.1 Å². The molecule has 1 fully saturated rings. The lowest BCUT2D eigenvalue weighted by atomic mass is 9.88. The van der Waals surface area contributed by atoms with Gasteiger partial charge in [-0.1, -0.05) is 6.92 Å². The van der Waals surface area contributed by atoms with Gasteiger partial charge in [-0.25, -0.2) is 4.79 Å². The fraction of sp³-hybridized carbons (Fsp3) is 0.385. The van der Waals surface area contributed by atoms with E-state index in [1.165, 1.54) is 0 Å². The van der Waals surface area contributed by atoms with E-state index >= 15 is 0 Å². The monoisotopic (exact) mass is 297 g/mol. The quantitative estimate of drug-likeness (QED) is 0.798. The molecule has 108 valence electrons. The van der Waals surface area contributed by atoms with Gasteiger partial charge in [-0.3, -0.25) is 9.78 Å². The summed E-state index contributed by atoms with van der Waals surface area (Å²) in [6, 6.07) is 5.09. The predicted octanol–water partition coefficient (Wildman–Crippen LogP) is 1.34. The second-order valence-electron chi connectivity index (χ2n) is 4.92. The lowest BCUT2D eigenvalue weighted by Gasteiger charge is -2.31. The van der Waals surface area contributed by atoms with Gasteiger partial charge in [0.1, 0.15) is 0 Å². The molecule has 1 aromatic carbocycles. The second-order valence-corrected chi connectivity index (χ2v) is 4.92. The number of benzene rings is 1. The van der Waals surface area contributed by atoms with Crippen molar-refractivity contribution in [3.05, 3.63) is 28.7 Å². The van der Waals surface area contributed by atoms with Crippen LogP contribution in [0.1, 0.15) is 6.92 Å². The Morgan fingerprint density at radius 3 is 2.85 bits per heavy atom. The number of hydrogen-bond donors (Lipinski definition) is 3. The first kappa shape index (κ1) is 14.6. The van der Waals surface area contributed by atoms with Gasteiger partial charge in [0.2, 0.25) is 5.91 Å². The molecule has 2 heterocycles. The number of nitrogens with one attached hydrogen (secondary N) is 3. The number of oxazole rings is 1. The summed E-state index contributed by atoms with van der Waals surface area (Å²) < 4.78 is 4.91. The summed E-state index contributed by atoms with van der Waals surface area (Å²) in [5.74, 6) is -0.123. The van der Waals surface area contributed by atoms with Crippen molar-refractivity contribution in [2.24, 2.45) is 11.8 Å². The number of carbonyl (C=O) groups is 1. The maximum atomic E-state index is 12.1. The third kappa shape index (κ3) is 2.71. The highest BCUT2D eigenvalue weighted by Gasteiger charge is 2.28. The van der Waals surface area contributed by atoms with Crippen molar-refractivity contribution in [2.75, 3.05) is 18.4 Å². The van der Waals surface area contributed by atoms with Crippen LogP contribution >= 0.6 is 12.4 Å². The van der Waals surface area contributed by atoms with Crippen LogP contribution in [0.3, 0.4) is 0 Å². The molecule has 1 aliphatic rings. The van der Waals surface area contributed by atoms with Crippen LogP contribution in [0, 0.1) is 11.8 Å². The maximum absolute atomic E-state index is 12.1. The summed E-state index contributed by atoms with van der Waals surface area (Å²) in [7, 11) is 0. The highest BCUT2D eigenvalue weighted by Crippen LogP contribution is 2.20. The lowest BCUT2D eigenvalue weighted by Crippen LogP contribution is -2.48. The Labute approximate surface area is 121 Å².